The van der Waals surface area contributed by atoms with Gasteiger partial charge in [0.1, 0.15) is 11.4 Å². The van der Waals surface area contributed by atoms with Crippen LogP contribution in [0.3, 0.4) is 0 Å². The number of nitro groups is 1. The predicted molar refractivity (Wildman–Crippen MR) is 216 cm³/mol. The van der Waals surface area contributed by atoms with Gasteiger partial charge in [-0.25, -0.2) is 13.1 Å². The molecule has 302 valence electrons. The highest BCUT2D eigenvalue weighted by molar-refractivity contribution is 7.99. The van der Waals surface area contributed by atoms with Gasteiger partial charge in [0.25, 0.3) is 27.5 Å². The van der Waals surface area contributed by atoms with Crippen molar-refractivity contribution in [1.29, 1.82) is 0 Å². The smallest absolute Gasteiger partial charge is 0.416 e. The fourth-order valence-electron chi connectivity index (χ4n) is 6.28. The number of alkyl halides is 3. The van der Waals surface area contributed by atoms with Gasteiger partial charge in [0.15, 0.2) is 0 Å². The van der Waals surface area contributed by atoms with Gasteiger partial charge in [-0.05, 0) is 96.9 Å². The summed E-state index contributed by atoms with van der Waals surface area (Å²) in [4.78, 5) is 41.7. The molecule has 1 fully saturated rings. The van der Waals surface area contributed by atoms with Crippen LogP contribution < -0.4 is 19.7 Å². The first-order valence-corrected chi connectivity index (χ1v) is 20.6. The summed E-state index contributed by atoms with van der Waals surface area (Å²) in [5, 5.41) is 14.8. The second kappa shape index (κ2) is 18.0. The molecule has 58 heavy (non-hydrogen) atoms. The Morgan fingerprint density at radius 3 is 2.24 bits per heavy atom. The van der Waals surface area contributed by atoms with E-state index in [0.717, 1.165) is 23.1 Å². The summed E-state index contributed by atoms with van der Waals surface area (Å²) >= 11 is 1.55. The van der Waals surface area contributed by atoms with Crippen molar-refractivity contribution in [3.05, 3.63) is 142 Å². The third-order valence-electron chi connectivity index (χ3n) is 9.18. The predicted octanol–water partition coefficient (Wildman–Crippen LogP) is 7.96. The molecule has 17 heteroatoms. The number of hydrogen-bond donors (Lipinski definition) is 2. The van der Waals surface area contributed by atoms with Crippen LogP contribution in [0, 0.1) is 10.1 Å². The summed E-state index contributed by atoms with van der Waals surface area (Å²) in [6.45, 7) is 3.64. The molecule has 0 aromatic heterocycles. The molecular weight excluding hydrogens is 796 g/mol. The van der Waals surface area contributed by atoms with Crippen molar-refractivity contribution < 1.29 is 40.8 Å². The zero-order valence-corrected chi connectivity index (χ0v) is 32.7. The maximum Gasteiger partial charge on any atom is 0.416 e. The van der Waals surface area contributed by atoms with Gasteiger partial charge < -0.3 is 19.9 Å². The number of amides is 2. The third kappa shape index (κ3) is 10.3. The van der Waals surface area contributed by atoms with Gasteiger partial charge in [0.2, 0.25) is 0 Å². The number of thioether (sulfide) groups is 1. The second-order valence-electron chi connectivity index (χ2n) is 13.0. The minimum absolute atomic E-state index is 0.0111. The van der Waals surface area contributed by atoms with Crippen LogP contribution in [0.4, 0.5) is 30.2 Å². The van der Waals surface area contributed by atoms with E-state index < -0.39 is 49.1 Å². The monoisotopic (exact) mass is 833 g/mol. The minimum atomic E-state index is -4.68. The first-order valence-electron chi connectivity index (χ1n) is 18.1. The number of carbonyl (C=O) groups is 2. The summed E-state index contributed by atoms with van der Waals surface area (Å²) < 4.78 is 75.6. The van der Waals surface area contributed by atoms with Crippen molar-refractivity contribution >= 4 is 50.7 Å². The van der Waals surface area contributed by atoms with Gasteiger partial charge in [-0.1, -0.05) is 30.3 Å². The first kappa shape index (κ1) is 41.6. The number of nitro benzene ring substituents is 1. The molecule has 0 radical (unpaired) electrons. The highest BCUT2D eigenvalue weighted by Gasteiger charge is 2.33. The van der Waals surface area contributed by atoms with E-state index in [1.165, 1.54) is 35.2 Å². The quantitative estimate of drug-likeness (QED) is 0.0488. The van der Waals surface area contributed by atoms with Crippen LogP contribution in [0.1, 0.15) is 33.2 Å². The van der Waals surface area contributed by atoms with Crippen LogP contribution in [0.5, 0.6) is 5.75 Å². The number of carbonyl (C=O) groups excluding carboxylic acids is 2. The van der Waals surface area contributed by atoms with Crippen LogP contribution in [-0.4, -0.2) is 75.1 Å². The van der Waals surface area contributed by atoms with E-state index in [9.17, 15) is 41.3 Å². The number of anilines is 2. The molecule has 1 aliphatic heterocycles. The Hall–Kier alpha value is -6.07. The van der Waals surface area contributed by atoms with E-state index in [4.69, 9.17) is 4.74 Å². The van der Waals surface area contributed by atoms with E-state index in [1.807, 2.05) is 40.0 Å². The summed E-state index contributed by atoms with van der Waals surface area (Å²) in [6.07, 6.45) is -4.68. The zero-order valence-electron chi connectivity index (χ0n) is 31.1. The van der Waals surface area contributed by atoms with Crippen LogP contribution >= 0.6 is 11.8 Å². The van der Waals surface area contributed by atoms with Crippen molar-refractivity contribution in [3.63, 3.8) is 0 Å². The molecule has 0 atom stereocenters. The lowest BCUT2D eigenvalue weighted by atomic mass is 9.98. The summed E-state index contributed by atoms with van der Waals surface area (Å²) in [5.74, 6) is -0.402. The molecule has 1 saturated heterocycles. The zero-order chi connectivity index (χ0) is 41.5. The van der Waals surface area contributed by atoms with Crippen LogP contribution in [0.2, 0.25) is 0 Å². The van der Waals surface area contributed by atoms with Gasteiger partial charge in [-0.2, -0.15) is 13.2 Å². The van der Waals surface area contributed by atoms with Crippen molar-refractivity contribution in [2.75, 3.05) is 55.3 Å². The van der Waals surface area contributed by atoms with Gasteiger partial charge in [0, 0.05) is 66.3 Å². The molecule has 0 saturated carbocycles. The lowest BCUT2D eigenvalue weighted by Crippen LogP contribution is -2.48. The topological polar surface area (TPSA) is 151 Å². The Kier molecular flexibility index (Phi) is 12.9. The number of nitrogens with zero attached hydrogens (tertiary/aromatic N) is 3. The minimum Gasteiger partial charge on any atom is -0.494 e. The van der Waals surface area contributed by atoms with Crippen LogP contribution in [0.15, 0.2) is 125 Å². The first-order chi connectivity index (χ1) is 27.7. The van der Waals surface area contributed by atoms with Gasteiger partial charge in [0.05, 0.1) is 22.0 Å². The Morgan fingerprint density at radius 1 is 0.845 bits per heavy atom. The fraction of sp³-hybridized carbons (Fsp3) is 0.220. The van der Waals surface area contributed by atoms with Gasteiger partial charge >= 0.3 is 6.18 Å². The number of piperazine rings is 1. The van der Waals surface area contributed by atoms with Crippen molar-refractivity contribution in [2.45, 2.75) is 22.9 Å². The van der Waals surface area contributed by atoms with E-state index in [2.05, 4.69) is 5.32 Å². The number of rotatable bonds is 14. The second-order valence-corrected chi connectivity index (χ2v) is 15.9. The van der Waals surface area contributed by atoms with E-state index in [1.54, 1.807) is 55.1 Å². The molecule has 0 bridgehead atoms. The summed E-state index contributed by atoms with van der Waals surface area (Å²) in [7, 11) is -4.50. The van der Waals surface area contributed by atoms with Gasteiger partial charge in [-0.3, -0.25) is 19.7 Å². The molecule has 0 unspecified atom stereocenters. The average Bonchev–Trinajstić information content (AvgIpc) is 3.22. The largest absolute Gasteiger partial charge is 0.494 e. The Bertz CT molecular complexity index is 2390. The molecule has 1 heterocycles. The van der Waals surface area contributed by atoms with Crippen LogP contribution in [-0.2, 0) is 16.2 Å². The number of benzene rings is 5. The Morgan fingerprint density at radius 2 is 1.57 bits per heavy atom. The molecule has 5 aromatic rings. The molecule has 0 aliphatic carbocycles. The molecule has 0 spiro atoms. The fourth-order valence-corrected chi connectivity index (χ4v) is 8.06. The van der Waals surface area contributed by atoms with Crippen LogP contribution in [0.25, 0.3) is 11.1 Å². The molecule has 12 nitrogen and oxygen atoms in total. The maximum atomic E-state index is 13.9. The summed E-state index contributed by atoms with van der Waals surface area (Å²) in [5.41, 5.74) is 0.0144. The van der Waals surface area contributed by atoms with Crippen molar-refractivity contribution in [3.8, 4) is 16.9 Å². The SMILES string of the molecule is CCOc1cccc(-c2cc(C(=O)N3CCN(c4ccc(C(=O)NS(=O)(=O)c5ccc(NCCSc6ccccc6)c([N+](=O)[O-])c5)cc4)CC3)cc(C(F)(F)F)c2)c1. The van der Waals surface area contributed by atoms with Crippen molar-refractivity contribution in [2.24, 2.45) is 0 Å². The lowest BCUT2D eigenvalue weighted by Gasteiger charge is -2.36. The molecule has 2 amide bonds. The third-order valence-corrected chi connectivity index (χ3v) is 11.5. The maximum absolute atomic E-state index is 13.9. The molecule has 6 rings (SSSR count). The standard InChI is InChI=1S/C41H38F3N5O7S2/c1-2-56-34-8-6-7-29(26-34)30-23-31(25-32(24-30)41(42,43)44)40(51)48-20-18-47(19-21-48)33-13-11-28(12-14-33)39(50)46-58(54,55)36-15-16-37(38(27-36)49(52)53)45-17-22-57-35-9-4-3-5-10-35/h3-16,23-27,45H,2,17-22H2,1H3,(H,46,50). The lowest BCUT2D eigenvalue weighted by molar-refractivity contribution is -0.384. The Balaban J connectivity index is 1.06. The van der Waals surface area contributed by atoms with Crippen molar-refractivity contribution in [1.82, 2.24) is 9.62 Å². The van der Waals surface area contributed by atoms with Gasteiger partial charge in [-0.15, -0.1) is 11.8 Å². The molecular formula is C41H38F3N5O7S2. The van der Waals surface area contributed by atoms with E-state index in [0.29, 0.717) is 49.0 Å². The molecule has 5 aromatic carbocycles. The highest BCUT2D eigenvalue weighted by Crippen LogP contribution is 2.35. The highest BCUT2D eigenvalue weighted by atomic mass is 32.2. The number of nitrogens with one attached hydrogen (secondary N) is 2. The molecule has 1 aliphatic rings. The Labute approximate surface area is 337 Å². The average molecular weight is 834 g/mol. The molecule has 2 N–H and O–H groups in total. The summed E-state index contributed by atoms with van der Waals surface area (Å²) in [6, 6.07) is 29.0. The normalized spacial score (nSPS) is 13.2. The number of hydrogen-bond acceptors (Lipinski definition) is 10. The van der Waals surface area contributed by atoms with E-state index in [-0.39, 0.29) is 35.5 Å². The van der Waals surface area contributed by atoms with E-state index >= 15 is 0 Å². The number of ether oxygens (including phenoxy) is 1. The number of sulfonamides is 1. The number of halogens is 3.